The first-order valence-corrected chi connectivity index (χ1v) is 14.7. The fourth-order valence-electron chi connectivity index (χ4n) is 6.67. The Labute approximate surface area is 220 Å². The lowest BCUT2D eigenvalue weighted by Crippen LogP contribution is -2.65. The molecular formula is C29H42N3O3S+. The molecule has 0 aromatic carbocycles. The molecule has 4 fully saturated rings. The van der Waals surface area contributed by atoms with Crippen LogP contribution in [0, 0.1) is 19.8 Å². The molecule has 0 spiro atoms. The molecule has 4 aliphatic heterocycles. The molecule has 0 aliphatic carbocycles. The minimum absolute atomic E-state index is 0.0236. The van der Waals surface area contributed by atoms with Crippen LogP contribution in [0.2, 0.25) is 0 Å². The molecule has 2 aromatic heterocycles. The molecule has 0 saturated carbocycles. The highest BCUT2D eigenvalue weighted by Crippen LogP contribution is 2.40. The molecule has 4 aliphatic rings. The second-order valence-corrected chi connectivity index (χ2v) is 12.3. The molecule has 2 bridgehead atoms. The monoisotopic (exact) mass is 512 g/mol. The second kappa shape index (κ2) is 10.8. The highest BCUT2D eigenvalue weighted by molar-refractivity contribution is 7.10. The number of pyridine rings is 1. The molecule has 0 N–H and O–H groups in total. The van der Waals surface area contributed by atoms with Crippen molar-refractivity contribution in [2.45, 2.75) is 70.9 Å². The van der Waals surface area contributed by atoms with E-state index in [9.17, 15) is 4.79 Å². The molecule has 2 aromatic rings. The summed E-state index contributed by atoms with van der Waals surface area (Å²) in [6.07, 6.45) is 6.90. The predicted octanol–water partition coefficient (Wildman–Crippen LogP) is 5.08. The second-order valence-electron chi connectivity index (χ2n) is 11.4. The maximum Gasteiger partial charge on any atom is 0.332 e. The van der Waals surface area contributed by atoms with E-state index in [2.05, 4.69) is 34.3 Å². The van der Waals surface area contributed by atoms with Gasteiger partial charge in [-0.25, -0.2) is 4.79 Å². The Morgan fingerprint density at radius 2 is 1.89 bits per heavy atom. The van der Waals surface area contributed by atoms with Gasteiger partial charge in [0, 0.05) is 53.6 Å². The summed E-state index contributed by atoms with van der Waals surface area (Å²) in [4.78, 5) is 21.8. The standard InChI is InChI=1S/C29H42N3O3S/c1-22-19-25(20-23(2)30-22)34-17-8-14-32-15-10-24(11-16-32)26(21-32)35-28(33)29(3,27-9-7-18-36-27)31-12-5-4-6-13-31/h7,9,18-20,24,26H,4-6,8,10-17,21H2,1-3H3/q+1/t24?,26-,29?,32?/m0/s1. The molecule has 6 heterocycles. The van der Waals surface area contributed by atoms with Gasteiger partial charge in [0.1, 0.15) is 12.3 Å². The fraction of sp³-hybridized carbons (Fsp3) is 0.655. The number of carbonyl (C=O) groups excluding carboxylic acids is 1. The predicted molar refractivity (Wildman–Crippen MR) is 143 cm³/mol. The van der Waals surface area contributed by atoms with Gasteiger partial charge < -0.3 is 14.0 Å². The zero-order valence-electron chi connectivity index (χ0n) is 22.2. The van der Waals surface area contributed by atoms with Crippen LogP contribution in [0.4, 0.5) is 0 Å². The van der Waals surface area contributed by atoms with E-state index in [0.29, 0.717) is 12.5 Å². The Kier molecular flexibility index (Phi) is 7.70. The lowest BCUT2D eigenvalue weighted by Gasteiger charge is -2.52. The average Bonchev–Trinajstić information content (AvgIpc) is 3.42. The number of esters is 1. The fourth-order valence-corrected chi connectivity index (χ4v) is 7.58. The summed E-state index contributed by atoms with van der Waals surface area (Å²) in [7, 11) is 0. The van der Waals surface area contributed by atoms with Crippen molar-refractivity contribution in [1.82, 2.24) is 9.88 Å². The summed E-state index contributed by atoms with van der Waals surface area (Å²) in [5, 5.41) is 2.08. The van der Waals surface area contributed by atoms with E-state index in [4.69, 9.17) is 9.47 Å². The van der Waals surface area contributed by atoms with Gasteiger partial charge in [0.25, 0.3) is 0 Å². The minimum atomic E-state index is -0.680. The highest BCUT2D eigenvalue weighted by Gasteiger charge is 2.50. The first-order chi connectivity index (χ1) is 17.4. The number of piperidine rings is 4. The number of likely N-dealkylation sites (tertiary alicyclic amines) is 1. The van der Waals surface area contributed by atoms with Gasteiger partial charge >= 0.3 is 5.97 Å². The third kappa shape index (κ3) is 5.34. The van der Waals surface area contributed by atoms with Gasteiger partial charge in [-0.3, -0.25) is 9.88 Å². The lowest BCUT2D eigenvalue weighted by molar-refractivity contribution is -0.946. The summed E-state index contributed by atoms with van der Waals surface area (Å²) in [5.74, 6) is 1.37. The highest BCUT2D eigenvalue weighted by atomic mass is 32.1. The number of hydrogen-bond donors (Lipinski definition) is 0. The van der Waals surface area contributed by atoms with Crippen LogP contribution in [0.15, 0.2) is 29.6 Å². The van der Waals surface area contributed by atoms with Crippen LogP contribution in [0.5, 0.6) is 5.75 Å². The van der Waals surface area contributed by atoms with Gasteiger partial charge in [-0.1, -0.05) is 12.5 Å². The third-order valence-corrected chi connectivity index (χ3v) is 9.87. The number of nitrogens with zero attached hydrogens (tertiary/aromatic N) is 3. The van der Waals surface area contributed by atoms with Crippen molar-refractivity contribution in [1.29, 1.82) is 0 Å². The lowest BCUT2D eigenvalue weighted by atomic mass is 9.82. The van der Waals surface area contributed by atoms with Crippen molar-refractivity contribution in [3.05, 3.63) is 45.9 Å². The SMILES string of the molecule is Cc1cc(OCCC[N+]23CCC(CC2)[C@@H](OC(=O)C(C)(c2cccs2)N2CCCCC2)C3)cc(C)n1. The molecule has 0 amide bonds. The largest absolute Gasteiger partial charge is 0.493 e. The number of rotatable bonds is 9. The van der Waals surface area contributed by atoms with Crippen LogP contribution < -0.4 is 4.74 Å². The number of aryl methyl sites for hydroxylation is 2. The zero-order chi connectivity index (χ0) is 25.2. The van der Waals surface area contributed by atoms with Crippen molar-refractivity contribution < 1.29 is 18.8 Å². The Bertz CT molecular complexity index is 1010. The number of quaternary nitrogens is 1. The van der Waals surface area contributed by atoms with Crippen molar-refractivity contribution in [2.75, 3.05) is 45.9 Å². The van der Waals surface area contributed by atoms with Crippen LogP contribution in [0.25, 0.3) is 0 Å². The van der Waals surface area contributed by atoms with Crippen molar-refractivity contribution >= 4 is 17.3 Å². The van der Waals surface area contributed by atoms with Gasteiger partial charge in [0.15, 0.2) is 11.6 Å². The van der Waals surface area contributed by atoms with Crippen LogP contribution in [-0.4, -0.2) is 72.3 Å². The van der Waals surface area contributed by atoms with E-state index in [1.165, 1.54) is 19.5 Å². The Hall–Kier alpha value is -1.96. The maximum absolute atomic E-state index is 13.9. The van der Waals surface area contributed by atoms with Gasteiger partial charge in [-0.15, -0.1) is 11.3 Å². The Morgan fingerprint density at radius 1 is 1.17 bits per heavy atom. The number of hydrogen-bond acceptors (Lipinski definition) is 6. The smallest absolute Gasteiger partial charge is 0.332 e. The number of carbonyl (C=O) groups is 1. The van der Waals surface area contributed by atoms with Crippen LogP contribution >= 0.6 is 11.3 Å². The van der Waals surface area contributed by atoms with Crippen LogP contribution in [-0.2, 0) is 15.1 Å². The number of aromatic nitrogens is 1. The molecule has 0 radical (unpaired) electrons. The van der Waals surface area contributed by atoms with Crippen molar-refractivity contribution in [2.24, 2.45) is 5.92 Å². The Balaban J connectivity index is 1.21. The topological polar surface area (TPSA) is 51.7 Å². The average molecular weight is 513 g/mol. The summed E-state index contributed by atoms with van der Waals surface area (Å²) >= 11 is 1.68. The summed E-state index contributed by atoms with van der Waals surface area (Å²) in [5.41, 5.74) is 1.31. The Morgan fingerprint density at radius 3 is 2.56 bits per heavy atom. The molecule has 4 saturated heterocycles. The van der Waals surface area contributed by atoms with E-state index in [1.807, 2.05) is 26.0 Å². The molecule has 196 valence electrons. The molecular weight excluding hydrogens is 470 g/mol. The van der Waals surface area contributed by atoms with E-state index in [0.717, 1.165) is 84.8 Å². The number of ether oxygens (including phenoxy) is 2. The first-order valence-electron chi connectivity index (χ1n) is 13.8. The molecule has 6 nitrogen and oxygen atoms in total. The zero-order valence-corrected chi connectivity index (χ0v) is 23.0. The first kappa shape index (κ1) is 25.7. The summed E-state index contributed by atoms with van der Waals surface area (Å²) in [6, 6.07) is 8.18. The molecule has 2 atom stereocenters. The van der Waals surface area contributed by atoms with Crippen molar-refractivity contribution in [3.63, 3.8) is 0 Å². The van der Waals surface area contributed by atoms with E-state index < -0.39 is 5.54 Å². The molecule has 36 heavy (non-hydrogen) atoms. The molecule has 1 unspecified atom stereocenters. The summed E-state index contributed by atoms with van der Waals surface area (Å²) < 4.78 is 13.6. The van der Waals surface area contributed by atoms with E-state index in [-0.39, 0.29) is 12.1 Å². The van der Waals surface area contributed by atoms with E-state index in [1.54, 1.807) is 11.3 Å². The van der Waals surface area contributed by atoms with E-state index >= 15 is 0 Å². The number of thiophene rings is 1. The maximum atomic E-state index is 13.9. The van der Waals surface area contributed by atoms with Gasteiger partial charge in [0.05, 0.1) is 26.2 Å². The van der Waals surface area contributed by atoms with Gasteiger partial charge in [-0.2, -0.15) is 0 Å². The van der Waals surface area contributed by atoms with Crippen LogP contribution in [0.3, 0.4) is 0 Å². The third-order valence-electron chi connectivity index (χ3n) is 8.79. The minimum Gasteiger partial charge on any atom is -0.493 e. The summed E-state index contributed by atoms with van der Waals surface area (Å²) in [6.45, 7) is 13.2. The molecule has 6 rings (SSSR count). The number of fused-ring (bicyclic) bond motifs is 3. The quantitative estimate of drug-likeness (QED) is 0.266. The molecule has 7 heteroatoms. The van der Waals surface area contributed by atoms with Gasteiger partial charge in [0.2, 0.25) is 0 Å². The van der Waals surface area contributed by atoms with Crippen molar-refractivity contribution in [3.8, 4) is 5.75 Å². The van der Waals surface area contributed by atoms with Gasteiger partial charge in [-0.05, 0) is 58.1 Å². The normalized spacial score (nSPS) is 28.0. The van der Waals surface area contributed by atoms with Crippen LogP contribution in [0.1, 0.15) is 61.7 Å².